The first-order valence-electron chi connectivity index (χ1n) is 9.05. The van der Waals surface area contributed by atoms with E-state index in [1.165, 1.54) is 18.3 Å². The summed E-state index contributed by atoms with van der Waals surface area (Å²) in [6.45, 7) is 3.90. The Hall–Kier alpha value is -2.90. The van der Waals surface area contributed by atoms with Crippen molar-refractivity contribution in [2.24, 2.45) is 0 Å². The summed E-state index contributed by atoms with van der Waals surface area (Å²) >= 11 is 12.2. The highest BCUT2D eigenvalue weighted by Gasteiger charge is 2.24. The Morgan fingerprint density at radius 1 is 1.13 bits per heavy atom. The van der Waals surface area contributed by atoms with Crippen molar-refractivity contribution in [3.8, 4) is 22.9 Å². The van der Waals surface area contributed by atoms with Gasteiger partial charge in [-0.15, -0.1) is 0 Å². The van der Waals surface area contributed by atoms with E-state index in [0.29, 0.717) is 17.1 Å². The number of nitrogens with zero attached hydrogens (tertiary/aromatic N) is 2. The lowest BCUT2D eigenvalue weighted by atomic mass is 10.0. The molecule has 156 valence electrons. The maximum absolute atomic E-state index is 13.1. The second kappa shape index (κ2) is 9.28. The number of ether oxygens (including phenoxy) is 2. The van der Waals surface area contributed by atoms with Crippen LogP contribution in [0.4, 0.5) is 4.39 Å². The van der Waals surface area contributed by atoms with E-state index >= 15 is 0 Å². The Morgan fingerprint density at radius 2 is 1.90 bits per heavy atom. The number of benzene rings is 1. The zero-order chi connectivity index (χ0) is 21.8. The van der Waals surface area contributed by atoms with Gasteiger partial charge in [-0.05, 0) is 38.1 Å². The Balaban J connectivity index is 2.27. The Kier molecular flexibility index (Phi) is 6.74. The predicted molar refractivity (Wildman–Crippen MR) is 112 cm³/mol. The van der Waals surface area contributed by atoms with Crippen LogP contribution in [0.5, 0.6) is 11.6 Å². The van der Waals surface area contributed by atoms with Gasteiger partial charge in [0.1, 0.15) is 11.3 Å². The standard InChI is InChI=1S/C21H17Cl2FN2O4/c1-3-26-18(30-13-6-8-17(24)25-11-13)10-16(27)19(21(28)29-4-2)20(26)12-5-7-14(22)15(23)9-12/h5-11H,3-4H2,1-2H3. The molecule has 0 saturated carbocycles. The van der Waals surface area contributed by atoms with E-state index in [-0.39, 0.29) is 34.5 Å². The molecule has 0 saturated heterocycles. The van der Waals surface area contributed by atoms with E-state index in [9.17, 15) is 14.0 Å². The first-order valence-corrected chi connectivity index (χ1v) is 9.81. The third-order valence-electron chi connectivity index (χ3n) is 4.19. The van der Waals surface area contributed by atoms with Crippen LogP contribution in [0.2, 0.25) is 10.0 Å². The van der Waals surface area contributed by atoms with Gasteiger partial charge in [-0.25, -0.2) is 9.78 Å². The van der Waals surface area contributed by atoms with E-state index in [4.69, 9.17) is 32.7 Å². The summed E-state index contributed by atoms with van der Waals surface area (Å²) in [5, 5.41) is 0.585. The second-order valence-corrected chi connectivity index (χ2v) is 6.90. The SMILES string of the molecule is CCOC(=O)c1c(-c2ccc(Cl)c(Cl)c2)n(CC)c(Oc2ccc(F)nc2)cc1=O. The van der Waals surface area contributed by atoms with Gasteiger partial charge in [-0.1, -0.05) is 29.3 Å². The number of esters is 1. The fourth-order valence-corrected chi connectivity index (χ4v) is 3.21. The third kappa shape index (κ3) is 4.47. The van der Waals surface area contributed by atoms with Gasteiger partial charge in [0.25, 0.3) is 0 Å². The molecule has 0 fully saturated rings. The smallest absolute Gasteiger partial charge is 0.344 e. The fraction of sp³-hybridized carbons (Fsp3) is 0.190. The van der Waals surface area contributed by atoms with Crippen LogP contribution in [-0.4, -0.2) is 22.1 Å². The van der Waals surface area contributed by atoms with Crippen molar-refractivity contribution in [1.82, 2.24) is 9.55 Å². The molecule has 0 aliphatic heterocycles. The summed E-state index contributed by atoms with van der Waals surface area (Å²) in [6.07, 6.45) is 1.19. The predicted octanol–water partition coefficient (Wildman–Crippen LogP) is 5.35. The molecule has 0 amide bonds. The van der Waals surface area contributed by atoms with E-state index in [2.05, 4.69) is 4.98 Å². The molecule has 0 N–H and O–H groups in total. The maximum atomic E-state index is 13.1. The molecule has 3 aromatic rings. The molecule has 0 unspecified atom stereocenters. The van der Waals surface area contributed by atoms with E-state index in [0.717, 1.165) is 6.07 Å². The monoisotopic (exact) mass is 450 g/mol. The highest BCUT2D eigenvalue weighted by atomic mass is 35.5. The highest BCUT2D eigenvalue weighted by molar-refractivity contribution is 6.42. The zero-order valence-corrected chi connectivity index (χ0v) is 17.6. The molecule has 9 heteroatoms. The molecule has 2 aromatic heterocycles. The number of pyridine rings is 2. The van der Waals surface area contributed by atoms with E-state index < -0.39 is 17.3 Å². The largest absolute Gasteiger partial charge is 0.462 e. The number of halogens is 3. The van der Waals surface area contributed by atoms with Gasteiger partial charge >= 0.3 is 5.97 Å². The zero-order valence-electron chi connectivity index (χ0n) is 16.1. The molecule has 1 aromatic carbocycles. The quantitative estimate of drug-likeness (QED) is 0.374. The first kappa shape index (κ1) is 21.8. The van der Waals surface area contributed by atoms with Gasteiger partial charge in [-0.3, -0.25) is 4.79 Å². The van der Waals surface area contributed by atoms with Crippen molar-refractivity contribution in [2.75, 3.05) is 6.61 Å². The fourth-order valence-electron chi connectivity index (χ4n) is 2.91. The van der Waals surface area contributed by atoms with Gasteiger partial charge < -0.3 is 14.0 Å². The summed E-state index contributed by atoms with van der Waals surface area (Å²) in [4.78, 5) is 29.0. The third-order valence-corrected chi connectivity index (χ3v) is 4.92. The molecule has 6 nitrogen and oxygen atoms in total. The molecule has 30 heavy (non-hydrogen) atoms. The Labute approximate surface area is 181 Å². The molecule has 0 aliphatic carbocycles. The van der Waals surface area contributed by atoms with E-state index in [1.54, 1.807) is 29.7 Å². The lowest BCUT2D eigenvalue weighted by molar-refractivity contribution is 0.0525. The van der Waals surface area contributed by atoms with Crippen LogP contribution in [0, 0.1) is 5.95 Å². The molecule has 0 spiro atoms. The van der Waals surface area contributed by atoms with Crippen molar-refractivity contribution in [3.63, 3.8) is 0 Å². The van der Waals surface area contributed by atoms with E-state index in [1.807, 2.05) is 6.92 Å². The van der Waals surface area contributed by atoms with Crippen LogP contribution < -0.4 is 10.2 Å². The number of carbonyl (C=O) groups is 1. The van der Waals surface area contributed by atoms with Crippen molar-refractivity contribution >= 4 is 29.2 Å². The molecular weight excluding hydrogens is 434 g/mol. The summed E-state index contributed by atoms with van der Waals surface area (Å²) < 4.78 is 25.6. The maximum Gasteiger partial charge on any atom is 0.344 e. The summed E-state index contributed by atoms with van der Waals surface area (Å²) in [6, 6.07) is 8.45. The lowest BCUT2D eigenvalue weighted by Gasteiger charge is -2.20. The number of hydrogen-bond acceptors (Lipinski definition) is 5. The average molecular weight is 451 g/mol. The van der Waals surface area contributed by atoms with Crippen LogP contribution in [-0.2, 0) is 11.3 Å². The Morgan fingerprint density at radius 3 is 2.50 bits per heavy atom. The van der Waals surface area contributed by atoms with Crippen LogP contribution in [0.1, 0.15) is 24.2 Å². The summed E-state index contributed by atoms with van der Waals surface area (Å²) in [5.41, 5.74) is 0.00661. The molecular formula is C21H17Cl2FN2O4. The first-order chi connectivity index (χ1) is 14.3. The normalized spacial score (nSPS) is 10.7. The average Bonchev–Trinajstić information content (AvgIpc) is 2.71. The summed E-state index contributed by atoms with van der Waals surface area (Å²) in [7, 11) is 0. The molecule has 0 atom stereocenters. The van der Waals surface area contributed by atoms with Crippen molar-refractivity contribution in [2.45, 2.75) is 20.4 Å². The highest BCUT2D eigenvalue weighted by Crippen LogP contribution is 2.33. The van der Waals surface area contributed by atoms with Crippen LogP contribution in [0.25, 0.3) is 11.3 Å². The molecule has 3 rings (SSSR count). The summed E-state index contributed by atoms with van der Waals surface area (Å²) in [5.74, 6) is -1.06. The van der Waals surface area contributed by atoms with Crippen molar-refractivity contribution < 1.29 is 18.7 Å². The minimum atomic E-state index is -0.763. The van der Waals surface area contributed by atoms with Crippen LogP contribution in [0.3, 0.4) is 0 Å². The van der Waals surface area contributed by atoms with Crippen LogP contribution in [0.15, 0.2) is 47.4 Å². The topological polar surface area (TPSA) is 70.4 Å². The molecule has 0 bridgehead atoms. The van der Waals surface area contributed by atoms with Crippen molar-refractivity contribution in [3.05, 3.63) is 74.4 Å². The second-order valence-electron chi connectivity index (χ2n) is 6.08. The molecule has 0 radical (unpaired) electrons. The van der Waals surface area contributed by atoms with Gasteiger partial charge in [0.15, 0.2) is 0 Å². The minimum Gasteiger partial charge on any atom is -0.462 e. The Bertz CT molecular complexity index is 1150. The number of rotatable bonds is 6. The number of hydrogen-bond donors (Lipinski definition) is 0. The van der Waals surface area contributed by atoms with Gasteiger partial charge in [0, 0.05) is 18.2 Å². The minimum absolute atomic E-state index is 0.102. The van der Waals surface area contributed by atoms with Gasteiger partial charge in [0.2, 0.25) is 17.3 Å². The van der Waals surface area contributed by atoms with Gasteiger partial charge in [-0.2, -0.15) is 4.39 Å². The lowest BCUT2D eigenvalue weighted by Crippen LogP contribution is -2.23. The van der Waals surface area contributed by atoms with Crippen LogP contribution >= 0.6 is 23.2 Å². The number of carbonyl (C=O) groups excluding carboxylic acids is 1. The molecule has 2 heterocycles. The van der Waals surface area contributed by atoms with Gasteiger partial charge in [0.05, 0.1) is 28.5 Å². The molecule has 0 aliphatic rings. The van der Waals surface area contributed by atoms with Crippen molar-refractivity contribution in [1.29, 1.82) is 0 Å². The number of aromatic nitrogens is 2.